The fraction of sp³-hybridized carbons (Fsp3) is 0.295. The Bertz CT molecular complexity index is 3480. The van der Waals surface area contributed by atoms with Gasteiger partial charge in [0.05, 0.1) is 28.3 Å². The van der Waals surface area contributed by atoms with Crippen molar-refractivity contribution in [1.29, 1.82) is 0 Å². The molecule has 5 heterocycles. The summed E-state index contributed by atoms with van der Waals surface area (Å²) in [6.45, 7) is 14.7. The van der Waals surface area contributed by atoms with Crippen LogP contribution in [0.1, 0.15) is 108 Å². The van der Waals surface area contributed by atoms with Crippen molar-refractivity contribution in [2.24, 2.45) is 5.41 Å². The molecule has 5 aromatic carbocycles. The molecular weight excluding hydrogens is 805 g/mol. The van der Waals surface area contributed by atoms with Crippen LogP contribution in [0.3, 0.4) is 0 Å². The van der Waals surface area contributed by atoms with Crippen LogP contribution in [-0.4, -0.2) is 19.7 Å². The standard InChI is InChI=1S/C61H60N4O/c1-7-31-59(5,65-55-24-15-12-20-46(55)50-21-16-17-34-60(50,65)6)41-25-27-54-47(37-41)43-18-11-14-23-53(43)64(54)61(32-8-2,33-9-3)58(4)35-29-52-49(39-58)44-19-10-13-22-51(44)63(52)42-26-28-56-48(38-42)45-30-36-62-40-57(45)66-56/h10-30,34-38,40,50H,7-9,31-33,39H2,1-6H3. The third kappa shape index (κ3) is 5.55. The van der Waals surface area contributed by atoms with E-state index >= 15 is 0 Å². The molecule has 5 nitrogen and oxygen atoms in total. The number of allylic oxidation sites excluding steroid dienone is 3. The van der Waals surface area contributed by atoms with E-state index in [1.807, 2.05) is 12.4 Å². The Balaban J connectivity index is 1.04. The maximum atomic E-state index is 6.23. The number of hydrogen-bond acceptors (Lipinski definition) is 3. The molecule has 0 saturated carbocycles. The summed E-state index contributed by atoms with van der Waals surface area (Å²) in [6.07, 6.45) is 25.5. The van der Waals surface area contributed by atoms with E-state index in [0.29, 0.717) is 5.92 Å². The molecule has 3 aliphatic rings. The monoisotopic (exact) mass is 864 g/mol. The molecule has 4 atom stereocenters. The van der Waals surface area contributed by atoms with Crippen LogP contribution in [0.5, 0.6) is 0 Å². The average Bonchev–Trinajstić information content (AvgIpc) is 4.05. The third-order valence-corrected chi connectivity index (χ3v) is 16.5. The molecule has 0 amide bonds. The number of fused-ring (bicyclic) bond motifs is 12. The van der Waals surface area contributed by atoms with E-state index in [1.54, 1.807) is 0 Å². The van der Waals surface area contributed by atoms with Crippen LogP contribution in [-0.2, 0) is 17.5 Å². The van der Waals surface area contributed by atoms with Gasteiger partial charge in [-0.1, -0.05) is 138 Å². The van der Waals surface area contributed by atoms with Gasteiger partial charge >= 0.3 is 0 Å². The van der Waals surface area contributed by atoms with Gasteiger partial charge in [0, 0.05) is 72.6 Å². The molecule has 12 rings (SSSR count). The molecule has 0 N–H and O–H groups in total. The van der Waals surface area contributed by atoms with Gasteiger partial charge in [-0.15, -0.1) is 0 Å². The minimum Gasteiger partial charge on any atom is -0.454 e. The molecular formula is C61H60N4O. The Hall–Kier alpha value is -6.59. The van der Waals surface area contributed by atoms with Gasteiger partial charge in [0.15, 0.2) is 5.58 Å². The maximum Gasteiger partial charge on any atom is 0.153 e. The zero-order chi connectivity index (χ0) is 45.0. The first-order chi connectivity index (χ1) is 32.2. The first kappa shape index (κ1) is 40.9. The summed E-state index contributed by atoms with van der Waals surface area (Å²) in [5.41, 5.74) is 12.8. The molecule has 4 unspecified atom stereocenters. The van der Waals surface area contributed by atoms with Crippen LogP contribution in [0.25, 0.3) is 66.4 Å². The Morgan fingerprint density at radius 3 is 2.24 bits per heavy atom. The SMILES string of the molecule is CCCC(C)(c1ccc2c(c1)c1ccccc1n2C(CCC)(CCC)C1(C)C=Cc2c(c3ccccc3n2-c2ccc3oc4cnccc4c3c2)C1)N1c2ccccc2C2C=CC=CC21C. The summed E-state index contributed by atoms with van der Waals surface area (Å²) in [5.74, 6) is 0.307. The van der Waals surface area contributed by atoms with Crippen LogP contribution in [0.2, 0.25) is 0 Å². The molecule has 0 radical (unpaired) electrons. The van der Waals surface area contributed by atoms with Gasteiger partial charge < -0.3 is 18.5 Å². The minimum atomic E-state index is -0.250. The summed E-state index contributed by atoms with van der Waals surface area (Å²) in [6, 6.07) is 43.8. The lowest BCUT2D eigenvalue weighted by atomic mass is 9.61. The van der Waals surface area contributed by atoms with E-state index in [1.165, 1.54) is 60.8 Å². The Kier molecular flexibility index (Phi) is 9.27. The van der Waals surface area contributed by atoms with Gasteiger partial charge in [0.1, 0.15) is 5.58 Å². The molecule has 2 aliphatic carbocycles. The average molecular weight is 865 g/mol. The summed E-state index contributed by atoms with van der Waals surface area (Å²) >= 11 is 0. The molecule has 330 valence electrons. The second-order valence-electron chi connectivity index (χ2n) is 20.3. The van der Waals surface area contributed by atoms with Gasteiger partial charge in [0.2, 0.25) is 0 Å². The number of rotatable bonds is 11. The van der Waals surface area contributed by atoms with E-state index in [9.17, 15) is 0 Å². The van der Waals surface area contributed by atoms with Crippen molar-refractivity contribution in [3.05, 3.63) is 180 Å². The van der Waals surface area contributed by atoms with Crippen LogP contribution >= 0.6 is 0 Å². The molecule has 4 aromatic heterocycles. The van der Waals surface area contributed by atoms with E-state index in [2.05, 4.69) is 212 Å². The third-order valence-electron chi connectivity index (χ3n) is 16.5. The molecule has 0 bridgehead atoms. The molecule has 66 heavy (non-hydrogen) atoms. The Morgan fingerprint density at radius 2 is 1.42 bits per heavy atom. The number of hydrogen-bond donors (Lipinski definition) is 0. The highest BCUT2D eigenvalue weighted by molar-refractivity contribution is 6.09. The molecule has 0 saturated heterocycles. The zero-order valence-electron chi connectivity index (χ0n) is 39.3. The fourth-order valence-corrected chi connectivity index (χ4v) is 13.7. The van der Waals surface area contributed by atoms with Gasteiger partial charge in [-0.2, -0.15) is 0 Å². The molecule has 0 fully saturated rings. The lowest BCUT2D eigenvalue weighted by Crippen LogP contribution is -2.55. The number of furan rings is 1. The number of aromatic nitrogens is 3. The maximum absolute atomic E-state index is 6.23. The molecule has 0 spiro atoms. The topological polar surface area (TPSA) is 39.1 Å². The van der Waals surface area contributed by atoms with Gasteiger partial charge in [0.25, 0.3) is 0 Å². The lowest BCUT2D eigenvalue weighted by Gasteiger charge is -2.51. The lowest BCUT2D eigenvalue weighted by molar-refractivity contribution is 0.0900. The number of nitrogens with zero attached hydrogens (tertiary/aromatic N) is 4. The van der Waals surface area contributed by atoms with Crippen LogP contribution in [0.4, 0.5) is 5.69 Å². The van der Waals surface area contributed by atoms with Crippen molar-refractivity contribution in [3.8, 4) is 5.69 Å². The van der Waals surface area contributed by atoms with Crippen molar-refractivity contribution in [1.82, 2.24) is 14.1 Å². The summed E-state index contributed by atoms with van der Waals surface area (Å²) in [7, 11) is 0. The number of anilines is 1. The normalized spacial score (nSPS) is 21.1. The summed E-state index contributed by atoms with van der Waals surface area (Å²) in [5, 5.41) is 6.23. The highest BCUT2D eigenvalue weighted by Crippen LogP contribution is 2.58. The van der Waals surface area contributed by atoms with Gasteiger partial charge in [-0.25, -0.2) is 0 Å². The number of para-hydroxylation sites is 3. The van der Waals surface area contributed by atoms with Crippen LogP contribution in [0, 0.1) is 5.41 Å². The van der Waals surface area contributed by atoms with Gasteiger partial charge in [-0.3, -0.25) is 4.98 Å². The molecule has 1 aliphatic heterocycles. The van der Waals surface area contributed by atoms with E-state index in [-0.39, 0.29) is 22.0 Å². The van der Waals surface area contributed by atoms with Crippen LogP contribution < -0.4 is 4.90 Å². The smallest absolute Gasteiger partial charge is 0.153 e. The quantitative estimate of drug-likeness (QED) is 0.130. The molecule has 5 heteroatoms. The minimum absolute atomic E-state index is 0.176. The summed E-state index contributed by atoms with van der Waals surface area (Å²) in [4.78, 5) is 7.12. The Labute approximate surface area is 388 Å². The fourth-order valence-electron chi connectivity index (χ4n) is 13.7. The van der Waals surface area contributed by atoms with Gasteiger partial charge in [-0.05, 0) is 117 Å². The van der Waals surface area contributed by atoms with Crippen molar-refractivity contribution in [2.45, 2.75) is 109 Å². The van der Waals surface area contributed by atoms with Crippen molar-refractivity contribution in [3.63, 3.8) is 0 Å². The predicted octanol–water partition coefficient (Wildman–Crippen LogP) is 16.1. The predicted molar refractivity (Wildman–Crippen MR) is 277 cm³/mol. The number of benzene rings is 5. The van der Waals surface area contributed by atoms with Crippen molar-refractivity contribution >= 4 is 66.4 Å². The van der Waals surface area contributed by atoms with Crippen molar-refractivity contribution < 1.29 is 4.42 Å². The highest BCUT2D eigenvalue weighted by atomic mass is 16.3. The van der Waals surface area contributed by atoms with E-state index in [4.69, 9.17) is 4.42 Å². The zero-order valence-corrected chi connectivity index (χ0v) is 39.3. The molecule has 9 aromatic rings. The van der Waals surface area contributed by atoms with E-state index < -0.39 is 0 Å². The second kappa shape index (κ2) is 15.0. The highest BCUT2D eigenvalue weighted by Gasteiger charge is 2.54. The summed E-state index contributed by atoms with van der Waals surface area (Å²) < 4.78 is 11.6. The Morgan fingerprint density at radius 1 is 0.682 bits per heavy atom. The second-order valence-corrected chi connectivity index (χ2v) is 20.3. The first-order valence-electron chi connectivity index (χ1n) is 24.6. The van der Waals surface area contributed by atoms with E-state index in [0.717, 1.165) is 72.6 Å². The number of pyridine rings is 1. The van der Waals surface area contributed by atoms with Crippen LogP contribution in [0.15, 0.2) is 162 Å². The first-order valence-corrected chi connectivity index (χ1v) is 24.6. The largest absolute Gasteiger partial charge is 0.454 e. The van der Waals surface area contributed by atoms with Crippen molar-refractivity contribution in [2.75, 3.05) is 4.90 Å².